The Bertz CT molecular complexity index is 609. The van der Waals surface area contributed by atoms with Crippen LogP contribution in [0.4, 0.5) is 18.0 Å². The molecule has 1 fully saturated rings. The molecule has 2 heterocycles. The number of halogens is 3. The minimum absolute atomic E-state index is 0.0419. The zero-order chi connectivity index (χ0) is 17.7. The summed E-state index contributed by atoms with van der Waals surface area (Å²) in [6.07, 6.45) is -2.78. The number of alkyl halides is 3. The topological polar surface area (TPSA) is 83.6 Å². The highest BCUT2D eigenvalue weighted by atomic mass is 19.4. The molecule has 0 aromatic carbocycles. The first kappa shape index (κ1) is 17.8. The Morgan fingerprint density at radius 3 is 2.92 bits per heavy atom. The molecule has 0 spiro atoms. The molecular weight excluding hydrogens is 329 g/mol. The van der Waals surface area contributed by atoms with Crippen LogP contribution in [0, 0.1) is 0 Å². The predicted octanol–water partition coefficient (Wildman–Crippen LogP) is 1.05. The maximum absolute atomic E-state index is 12.3. The van der Waals surface area contributed by atoms with E-state index in [1.807, 2.05) is 0 Å². The molecule has 1 aromatic rings. The van der Waals surface area contributed by atoms with Crippen LogP contribution in [0.3, 0.4) is 0 Å². The number of ether oxygens (including phenoxy) is 1. The molecule has 0 aliphatic carbocycles. The first-order chi connectivity index (χ1) is 11.3. The average molecular weight is 346 g/mol. The lowest BCUT2D eigenvalue weighted by molar-refractivity contribution is -0.157. The van der Waals surface area contributed by atoms with Gasteiger partial charge in [0.25, 0.3) is 0 Å². The fraction of sp³-hybridized carbons (Fsp3) is 0.500. The quantitative estimate of drug-likeness (QED) is 0.835. The number of nitrogens with zero attached hydrogens (tertiary/aromatic N) is 2. The molecule has 0 bridgehead atoms. The van der Waals surface area contributed by atoms with Gasteiger partial charge in [-0.15, -0.1) is 0 Å². The van der Waals surface area contributed by atoms with Gasteiger partial charge in [0.05, 0.1) is 7.11 Å². The highest BCUT2D eigenvalue weighted by molar-refractivity contribution is 5.88. The number of hydrogen-bond acceptors (Lipinski definition) is 4. The average Bonchev–Trinajstić information content (AvgIpc) is 2.84. The number of nitrogens with one attached hydrogen (secondary N) is 2. The molecule has 0 radical (unpaired) electrons. The first-order valence-electron chi connectivity index (χ1n) is 7.18. The van der Waals surface area contributed by atoms with Crippen molar-refractivity contribution < 1.29 is 27.5 Å². The number of likely N-dealkylation sites (tertiary alicyclic amines) is 1. The SMILES string of the molecule is COc1ncccc1CNC(=O)N[C@@H]1CCN(CC(F)(F)F)C1=O. The second kappa shape index (κ2) is 7.37. The monoisotopic (exact) mass is 346 g/mol. The number of aromatic nitrogens is 1. The van der Waals surface area contributed by atoms with Crippen molar-refractivity contribution in [3.8, 4) is 5.88 Å². The van der Waals surface area contributed by atoms with E-state index in [2.05, 4.69) is 15.6 Å². The summed E-state index contributed by atoms with van der Waals surface area (Å²) in [6, 6.07) is 1.78. The van der Waals surface area contributed by atoms with Crippen molar-refractivity contribution in [3.05, 3.63) is 23.9 Å². The summed E-state index contributed by atoms with van der Waals surface area (Å²) in [5, 5.41) is 4.90. The smallest absolute Gasteiger partial charge is 0.406 e. The van der Waals surface area contributed by atoms with Gasteiger partial charge in [-0.2, -0.15) is 13.2 Å². The molecule has 1 aliphatic rings. The minimum atomic E-state index is -4.45. The molecule has 1 atom stereocenters. The van der Waals surface area contributed by atoms with Gasteiger partial charge in [0.2, 0.25) is 11.8 Å². The van der Waals surface area contributed by atoms with E-state index in [1.165, 1.54) is 13.3 Å². The van der Waals surface area contributed by atoms with Crippen LogP contribution < -0.4 is 15.4 Å². The van der Waals surface area contributed by atoms with Crippen molar-refractivity contribution in [3.63, 3.8) is 0 Å². The van der Waals surface area contributed by atoms with Crippen molar-refractivity contribution in [2.75, 3.05) is 20.2 Å². The van der Waals surface area contributed by atoms with E-state index in [-0.39, 0.29) is 19.5 Å². The molecule has 10 heteroatoms. The van der Waals surface area contributed by atoms with Gasteiger partial charge in [0.15, 0.2) is 0 Å². The molecule has 132 valence electrons. The van der Waals surface area contributed by atoms with Crippen molar-refractivity contribution in [1.29, 1.82) is 0 Å². The number of urea groups is 1. The molecule has 24 heavy (non-hydrogen) atoms. The molecule has 1 aliphatic heterocycles. The number of hydrogen-bond donors (Lipinski definition) is 2. The van der Waals surface area contributed by atoms with Crippen LogP contribution >= 0.6 is 0 Å². The van der Waals surface area contributed by atoms with E-state index in [0.29, 0.717) is 16.3 Å². The molecule has 2 rings (SSSR count). The zero-order valence-electron chi connectivity index (χ0n) is 12.9. The molecule has 1 saturated heterocycles. The van der Waals surface area contributed by atoms with Crippen molar-refractivity contribution in [2.45, 2.75) is 25.2 Å². The summed E-state index contributed by atoms with van der Waals surface area (Å²) >= 11 is 0. The summed E-state index contributed by atoms with van der Waals surface area (Å²) < 4.78 is 42.1. The Balaban J connectivity index is 1.84. The fourth-order valence-electron chi connectivity index (χ4n) is 2.37. The van der Waals surface area contributed by atoms with Crippen LogP contribution in [0.2, 0.25) is 0 Å². The number of carbonyl (C=O) groups is 2. The van der Waals surface area contributed by atoms with E-state index in [9.17, 15) is 22.8 Å². The van der Waals surface area contributed by atoms with E-state index in [4.69, 9.17) is 4.74 Å². The third-order valence-electron chi connectivity index (χ3n) is 3.46. The van der Waals surface area contributed by atoms with Gasteiger partial charge in [0, 0.05) is 24.8 Å². The molecule has 7 nitrogen and oxygen atoms in total. The van der Waals surface area contributed by atoms with Crippen LogP contribution in [0.1, 0.15) is 12.0 Å². The van der Waals surface area contributed by atoms with Gasteiger partial charge in [-0.25, -0.2) is 9.78 Å². The summed E-state index contributed by atoms with van der Waals surface area (Å²) in [6.45, 7) is -1.24. The summed E-state index contributed by atoms with van der Waals surface area (Å²) in [7, 11) is 1.44. The number of methoxy groups -OCH3 is 1. The van der Waals surface area contributed by atoms with E-state index in [0.717, 1.165) is 0 Å². The van der Waals surface area contributed by atoms with Gasteiger partial charge in [0.1, 0.15) is 12.6 Å². The number of carbonyl (C=O) groups excluding carboxylic acids is 2. The third-order valence-corrected chi connectivity index (χ3v) is 3.46. The Morgan fingerprint density at radius 1 is 1.50 bits per heavy atom. The van der Waals surface area contributed by atoms with E-state index >= 15 is 0 Å². The molecule has 0 unspecified atom stereocenters. The highest BCUT2D eigenvalue weighted by Crippen LogP contribution is 2.21. The van der Waals surface area contributed by atoms with Crippen molar-refractivity contribution >= 4 is 11.9 Å². The van der Waals surface area contributed by atoms with Crippen LogP contribution in [0.15, 0.2) is 18.3 Å². The molecule has 0 saturated carbocycles. The second-order valence-corrected chi connectivity index (χ2v) is 5.22. The Morgan fingerprint density at radius 2 is 2.25 bits per heavy atom. The molecule has 3 amide bonds. The van der Waals surface area contributed by atoms with Gasteiger partial charge >= 0.3 is 12.2 Å². The number of amides is 3. The Labute approximate surface area is 136 Å². The van der Waals surface area contributed by atoms with Crippen LogP contribution in [-0.2, 0) is 11.3 Å². The maximum atomic E-state index is 12.3. The first-order valence-corrected chi connectivity index (χ1v) is 7.18. The normalized spacial score (nSPS) is 17.8. The zero-order valence-corrected chi connectivity index (χ0v) is 12.9. The Hall–Kier alpha value is -2.52. The minimum Gasteiger partial charge on any atom is -0.481 e. The van der Waals surface area contributed by atoms with Crippen LogP contribution in [-0.4, -0.2) is 54.2 Å². The summed E-state index contributed by atoms with van der Waals surface area (Å²) in [4.78, 5) is 28.3. The van der Waals surface area contributed by atoms with Gasteiger partial charge in [-0.1, -0.05) is 6.07 Å². The number of pyridine rings is 1. The highest BCUT2D eigenvalue weighted by Gasteiger charge is 2.39. The maximum Gasteiger partial charge on any atom is 0.406 e. The third kappa shape index (κ3) is 4.74. The van der Waals surface area contributed by atoms with Crippen LogP contribution in [0.25, 0.3) is 0 Å². The lowest BCUT2D eigenvalue weighted by Gasteiger charge is -2.18. The lowest BCUT2D eigenvalue weighted by atomic mass is 10.2. The van der Waals surface area contributed by atoms with Gasteiger partial charge in [-0.05, 0) is 12.5 Å². The summed E-state index contributed by atoms with van der Waals surface area (Å²) in [5.74, 6) is -0.382. The molecular formula is C14H17F3N4O3. The molecule has 1 aromatic heterocycles. The van der Waals surface area contributed by atoms with Crippen molar-refractivity contribution in [1.82, 2.24) is 20.5 Å². The van der Waals surface area contributed by atoms with Gasteiger partial charge < -0.3 is 20.3 Å². The predicted molar refractivity (Wildman–Crippen MR) is 77.2 cm³/mol. The summed E-state index contributed by atoms with van der Waals surface area (Å²) in [5.41, 5.74) is 0.631. The van der Waals surface area contributed by atoms with Gasteiger partial charge in [-0.3, -0.25) is 4.79 Å². The fourth-order valence-corrected chi connectivity index (χ4v) is 2.37. The largest absolute Gasteiger partial charge is 0.481 e. The second-order valence-electron chi connectivity index (χ2n) is 5.22. The standard InChI is InChI=1S/C14H17F3N4O3/c1-24-11-9(3-2-5-18-11)7-19-13(23)20-10-4-6-21(12(10)22)8-14(15,16)17/h2-3,5,10H,4,6-8H2,1H3,(H2,19,20,23)/t10-/m1/s1. The number of rotatable bonds is 5. The molecule has 2 N–H and O–H groups in total. The van der Waals surface area contributed by atoms with E-state index in [1.54, 1.807) is 12.1 Å². The van der Waals surface area contributed by atoms with E-state index < -0.39 is 30.7 Å². The Kier molecular flexibility index (Phi) is 5.47. The van der Waals surface area contributed by atoms with Crippen LogP contribution in [0.5, 0.6) is 5.88 Å². The van der Waals surface area contributed by atoms with Crippen molar-refractivity contribution in [2.24, 2.45) is 0 Å². The lowest BCUT2D eigenvalue weighted by Crippen LogP contribution is -2.47.